The number of nitrogens with zero attached hydrogens (tertiary/aromatic N) is 1. The molecule has 4 bridgehead atoms. The Morgan fingerprint density at radius 1 is 0.957 bits per heavy atom. The molecule has 0 unspecified atom stereocenters. The molecule has 1 aromatic rings. The number of carbonyl (C=O) groups excluding carboxylic acids is 1. The smallest absolute Gasteiger partial charge is 0.338 e. The summed E-state index contributed by atoms with van der Waals surface area (Å²) >= 11 is 0. The molecule has 8 rings (SSSR count). The topological polar surface area (TPSA) is 158 Å². The minimum Gasteiger partial charge on any atom is -0.493 e. The van der Waals surface area contributed by atoms with Crippen molar-refractivity contribution in [1.29, 1.82) is 0 Å². The number of methoxy groups -OCH3 is 2. The second-order valence-electron chi connectivity index (χ2n) is 16.5. The van der Waals surface area contributed by atoms with E-state index in [4.69, 9.17) is 18.9 Å². The maximum atomic E-state index is 13.5. The van der Waals surface area contributed by atoms with Crippen LogP contribution in [-0.4, -0.2) is 111 Å². The van der Waals surface area contributed by atoms with Gasteiger partial charge in [0.1, 0.15) is 11.7 Å². The second kappa shape index (κ2) is 10.3. The zero-order valence-corrected chi connectivity index (χ0v) is 28.1. The maximum absolute atomic E-state index is 13.5. The van der Waals surface area contributed by atoms with Crippen LogP contribution in [0.15, 0.2) is 18.2 Å². The normalized spacial score (nSPS) is 52.9. The number of esters is 1. The van der Waals surface area contributed by atoms with Crippen molar-refractivity contribution >= 4 is 5.97 Å². The lowest BCUT2D eigenvalue weighted by molar-refractivity contribution is -0.290. The lowest BCUT2D eigenvalue weighted by Crippen LogP contribution is -2.76. The van der Waals surface area contributed by atoms with Gasteiger partial charge in [-0.2, -0.15) is 0 Å². The van der Waals surface area contributed by atoms with Gasteiger partial charge in [-0.3, -0.25) is 4.90 Å². The van der Waals surface area contributed by atoms with Crippen LogP contribution in [-0.2, 0) is 9.47 Å². The van der Waals surface area contributed by atoms with Gasteiger partial charge in [0.05, 0.1) is 37.1 Å². The third-order valence-corrected chi connectivity index (χ3v) is 14.7. The van der Waals surface area contributed by atoms with E-state index in [-0.39, 0.29) is 23.4 Å². The van der Waals surface area contributed by atoms with E-state index in [1.54, 1.807) is 25.1 Å². The minimum atomic E-state index is -1.79. The number of ether oxygens (including phenoxy) is 4. The Kier molecular flexibility index (Phi) is 7.05. The van der Waals surface area contributed by atoms with Crippen molar-refractivity contribution in [3.8, 4) is 11.5 Å². The fourth-order valence-corrected chi connectivity index (χ4v) is 12.7. The first-order chi connectivity index (χ1) is 22.2. The van der Waals surface area contributed by atoms with Gasteiger partial charge in [-0.25, -0.2) is 4.79 Å². The molecule has 7 aliphatic rings. The average Bonchev–Trinajstić information content (AvgIpc) is 3.28. The summed E-state index contributed by atoms with van der Waals surface area (Å²) in [6, 6.07) is 4.65. The van der Waals surface area contributed by atoms with Crippen LogP contribution in [0.25, 0.3) is 0 Å². The highest BCUT2D eigenvalue weighted by molar-refractivity contribution is 5.90. The highest BCUT2D eigenvalue weighted by Crippen LogP contribution is 2.77. The predicted octanol–water partition coefficient (Wildman–Crippen LogP) is 2.10. The minimum absolute atomic E-state index is 0.125. The molecule has 0 amide bonds. The van der Waals surface area contributed by atoms with Gasteiger partial charge in [-0.05, 0) is 87.8 Å². The van der Waals surface area contributed by atoms with Gasteiger partial charge in [0.25, 0.3) is 0 Å². The third-order valence-electron chi connectivity index (χ3n) is 14.7. The Morgan fingerprint density at radius 2 is 1.68 bits per heavy atom. The number of hydrogen-bond acceptors (Lipinski definition) is 11. The van der Waals surface area contributed by atoms with Gasteiger partial charge in [-0.1, -0.05) is 13.8 Å². The van der Waals surface area contributed by atoms with Crippen LogP contribution < -0.4 is 9.47 Å². The molecular weight excluding hydrogens is 606 g/mol. The Hall–Kier alpha value is -1.99. The number of aliphatic hydroxyl groups excluding tert-OH is 2. The van der Waals surface area contributed by atoms with Gasteiger partial charge in [0, 0.05) is 42.3 Å². The first-order valence-electron chi connectivity index (χ1n) is 17.6. The summed E-state index contributed by atoms with van der Waals surface area (Å²) in [6.45, 7) is 7.60. The number of rotatable bonds is 4. The van der Waals surface area contributed by atoms with E-state index < -0.39 is 70.0 Å². The number of fused-ring (bicyclic) bond motifs is 5. The van der Waals surface area contributed by atoms with Crippen LogP contribution in [0.4, 0.5) is 0 Å². The van der Waals surface area contributed by atoms with E-state index in [1.165, 1.54) is 14.2 Å². The molecule has 4 saturated carbocycles. The summed E-state index contributed by atoms with van der Waals surface area (Å²) in [5.74, 6) is -3.32. The monoisotopic (exact) mass is 657 g/mol. The lowest BCUT2D eigenvalue weighted by atomic mass is 9.49. The van der Waals surface area contributed by atoms with Gasteiger partial charge in [0.2, 0.25) is 5.79 Å². The molecule has 11 heteroatoms. The fourth-order valence-electron chi connectivity index (χ4n) is 12.7. The summed E-state index contributed by atoms with van der Waals surface area (Å²) < 4.78 is 23.7. The first kappa shape index (κ1) is 32.2. The lowest BCUT2D eigenvalue weighted by Gasteiger charge is -2.63. The number of aliphatic hydroxyl groups is 5. The van der Waals surface area contributed by atoms with Crippen molar-refractivity contribution < 1.29 is 49.3 Å². The van der Waals surface area contributed by atoms with Crippen molar-refractivity contribution in [2.45, 2.75) is 113 Å². The molecule has 7 fully saturated rings. The van der Waals surface area contributed by atoms with Crippen LogP contribution in [0.2, 0.25) is 0 Å². The average molecular weight is 658 g/mol. The highest BCUT2D eigenvalue weighted by atomic mass is 16.7. The van der Waals surface area contributed by atoms with Crippen molar-refractivity contribution in [3.63, 3.8) is 0 Å². The molecule has 3 saturated heterocycles. The molecule has 0 radical (unpaired) electrons. The highest BCUT2D eigenvalue weighted by Gasteiger charge is 2.85. The Morgan fingerprint density at radius 3 is 2.40 bits per heavy atom. The molecule has 47 heavy (non-hydrogen) atoms. The van der Waals surface area contributed by atoms with E-state index in [0.717, 1.165) is 19.4 Å². The molecule has 260 valence electrons. The molecule has 11 nitrogen and oxygen atoms in total. The number of hydrogen-bond donors (Lipinski definition) is 5. The molecule has 1 aromatic carbocycles. The van der Waals surface area contributed by atoms with Crippen LogP contribution in [0, 0.1) is 40.9 Å². The van der Waals surface area contributed by atoms with Gasteiger partial charge in [0.15, 0.2) is 17.6 Å². The standard InChI is InChI=1S/C36H51NO10/c1-18-6-11-26-33(3,41)28-20(17-37(26)16-18)21-15-34-25(35(21,42)30(39)29(28)38)10-9-24-32(34,2)13-12-27(36(24,43)47-34)46-31(40)19-7-8-22(44-4)23(14-19)45-5/h7-8,14,18,20-21,24-30,38-39,41-43H,6,9-13,15-17H2,1-5H3/t18-,20-,21-,24-,25+,26-,27-,28+,29+,30-,32-,33+,34+,35-,36-/m0/s1. The molecule has 3 heterocycles. The van der Waals surface area contributed by atoms with E-state index in [2.05, 4.69) is 18.7 Å². The largest absolute Gasteiger partial charge is 0.493 e. The van der Waals surface area contributed by atoms with E-state index in [0.29, 0.717) is 56.1 Å². The number of piperidine rings is 2. The van der Waals surface area contributed by atoms with Gasteiger partial charge in [-0.15, -0.1) is 0 Å². The molecule has 0 aromatic heterocycles. The summed E-state index contributed by atoms with van der Waals surface area (Å²) in [5, 5.41) is 61.1. The quantitative estimate of drug-likeness (QED) is 0.302. The zero-order valence-electron chi connectivity index (χ0n) is 28.1. The SMILES string of the molecule is COc1ccc(C(=O)O[C@H]2CC[C@@]3(C)[C@@H]4CC[C@H]5[C@]6(O)[C@@H](O)[C@H](O)[C@H]7[C@@H](CN8C[C@@H](C)CC[C@H]8[C@@]7(C)O)[C@@H]6C[C@@]53O[C@]24O)cc1OC. The number of benzene rings is 1. The van der Waals surface area contributed by atoms with Crippen LogP contribution in [0.1, 0.15) is 76.1 Å². The van der Waals surface area contributed by atoms with Crippen molar-refractivity contribution in [2.24, 2.45) is 40.9 Å². The Balaban J connectivity index is 1.14. The maximum Gasteiger partial charge on any atom is 0.338 e. The number of carbonyl (C=O) groups is 1. The van der Waals surface area contributed by atoms with Crippen molar-refractivity contribution in [2.75, 3.05) is 27.3 Å². The zero-order chi connectivity index (χ0) is 33.5. The summed E-state index contributed by atoms with van der Waals surface area (Å²) in [7, 11) is 3.01. The third kappa shape index (κ3) is 3.91. The van der Waals surface area contributed by atoms with E-state index >= 15 is 0 Å². The molecular formula is C36H51NO10. The first-order valence-corrected chi connectivity index (χ1v) is 17.6. The van der Waals surface area contributed by atoms with Crippen molar-refractivity contribution in [3.05, 3.63) is 23.8 Å². The van der Waals surface area contributed by atoms with Gasteiger partial charge < -0.3 is 44.5 Å². The molecule has 15 atom stereocenters. The Labute approximate surface area is 276 Å². The van der Waals surface area contributed by atoms with E-state index in [1.807, 2.05) is 0 Å². The second-order valence-corrected chi connectivity index (χ2v) is 16.5. The van der Waals surface area contributed by atoms with Gasteiger partial charge >= 0.3 is 5.97 Å². The molecule has 4 aliphatic carbocycles. The predicted molar refractivity (Wildman–Crippen MR) is 168 cm³/mol. The molecule has 5 N–H and O–H groups in total. The summed E-state index contributed by atoms with van der Waals surface area (Å²) in [5.41, 5.74) is -4.24. The fraction of sp³-hybridized carbons (Fsp3) is 0.806. The van der Waals surface area contributed by atoms with Crippen LogP contribution >= 0.6 is 0 Å². The molecule has 1 spiro atoms. The van der Waals surface area contributed by atoms with E-state index in [9.17, 15) is 30.3 Å². The Bertz CT molecular complexity index is 1450. The molecule has 3 aliphatic heterocycles. The summed E-state index contributed by atoms with van der Waals surface area (Å²) in [4.78, 5) is 15.8. The van der Waals surface area contributed by atoms with Crippen LogP contribution in [0.5, 0.6) is 11.5 Å². The van der Waals surface area contributed by atoms with Crippen molar-refractivity contribution in [1.82, 2.24) is 4.90 Å². The van der Waals surface area contributed by atoms with Crippen LogP contribution in [0.3, 0.4) is 0 Å². The summed E-state index contributed by atoms with van der Waals surface area (Å²) in [6.07, 6.45) is 0.454.